The van der Waals surface area contributed by atoms with Crippen LogP contribution in [0.2, 0.25) is 5.02 Å². The molecule has 1 aromatic heterocycles. The number of rotatable bonds is 4. The summed E-state index contributed by atoms with van der Waals surface area (Å²) in [5.41, 5.74) is 1.50. The molecule has 8 heteroatoms. The molecular weight excluding hydrogens is 340 g/mol. The molecule has 0 unspecified atom stereocenters. The van der Waals surface area contributed by atoms with E-state index in [0.717, 1.165) is 5.56 Å². The second-order valence-electron chi connectivity index (χ2n) is 5.01. The number of halogens is 1. The summed E-state index contributed by atoms with van der Waals surface area (Å²) in [6.07, 6.45) is 0. The lowest BCUT2D eigenvalue weighted by molar-refractivity contribution is 0.527. The normalized spacial score (nSPS) is 11.9. The van der Waals surface area contributed by atoms with E-state index in [2.05, 4.69) is 4.72 Å². The average Bonchev–Trinajstić information content (AvgIpc) is 2.80. The van der Waals surface area contributed by atoms with Gasteiger partial charge in [0.1, 0.15) is 0 Å². The molecule has 0 bridgehead atoms. The first-order valence-corrected chi connectivity index (χ1v) is 8.56. The maximum atomic E-state index is 12.4. The van der Waals surface area contributed by atoms with Gasteiger partial charge in [-0.3, -0.25) is 4.57 Å². The zero-order chi connectivity index (χ0) is 16.6. The molecule has 3 aromatic rings. The molecule has 3 rings (SSSR count). The minimum absolute atomic E-state index is 0.0291. The average molecular weight is 353 g/mol. The highest BCUT2D eigenvalue weighted by molar-refractivity contribution is 7.89. The molecule has 0 fully saturated rings. The highest BCUT2D eigenvalue weighted by Crippen LogP contribution is 2.18. The van der Waals surface area contributed by atoms with E-state index < -0.39 is 15.8 Å². The molecule has 6 nitrogen and oxygen atoms in total. The Labute approximate surface area is 137 Å². The zero-order valence-electron chi connectivity index (χ0n) is 12.1. The molecule has 0 aliphatic heterocycles. The Bertz CT molecular complexity index is 1040. The molecule has 0 atom stereocenters. The summed E-state index contributed by atoms with van der Waals surface area (Å²) in [4.78, 5) is 11.5. The number of nitrogens with one attached hydrogen (secondary N) is 1. The zero-order valence-corrected chi connectivity index (χ0v) is 13.7. The van der Waals surface area contributed by atoms with E-state index in [1.807, 2.05) is 0 Å². The van der Waals surface area contributed by atoms with Gasteiger partial charge >= 0.3 is 5.76 Å². The molecule has 0 aliphatic carbocycles. The molecule has 0 saturated heterocycles. The van der Waals surface area contributed by atoms with Crippen LogP contribution in [-0.2, 0) is 23.6 Å². The van der Waals surface area contributed by atoms with E-state index in [1.54, 1.807) is 31.3 Å². The minimum atomic E-state index is -3.73. The van der Waals surface area contributed by atoms with Crippen molar-refractivity contribution >= 4 is 32.7 Å². The number of aryl methyl sites for hydroxylation is 1. The smallest absolute Gasteiger partial charge is 0.408 e. The summed E-state index contributed by atoms with van der Waals surface area (Å²) in [6.45, 7) is 0.111. The van der Waals surface area contributed by atoms with Gasteiger partial charge in [-0.2, -0.15) is 0 Å². The fourth-order valence-corrected chi connectivity index (χ4v) is 3.44. The molecular formula is C15H13ClN2O4S. The van der Waals surface area contributed by atoms with Crippen molar-refractivity contribution in [2.24, 2.45) is 7.05 Å². The van der Waals surface area contributed by atoms with E-state index >= 15 is 0 Å². The Morgan fingerprint density at radius 3 is 2.74 bits per heavy atom. The van der Waals surface area contributed by atoms with Crippen LogP contribution in [0.1, 0.15) is 5.56 Å². The molecule has 0 aliphatic rings. The standard InChI is InChI=1S/C15H13ClN2O4S/c1-18-13-6-5-12(8-14(13)22-15(18)19)23(20,21)17-9-10-3-2-4-11(16)7-10/h2-8,17H,9H2,1H3. The van der Waals surface area contributed by atoms with Crippen LogP contribution >= 0.6 is 11.6 Å². The third-order valence-corrected chi connectivity index (χ3v) is 5.06. The Morgan fingerprint density at radius 2 is 2.00 bits per heavy atom. The number of hydrogen-bond acceptors (Lipinski definition) is 4. The first-order chi connectivity index (χ1) is 10.9. The minimum Gasteiger partial charge on any atom is -0.408 e. The molecule has 0 radical (unpaired) electrons. The molecule has 2 aromatic carbocycles. The summed E-state index contributed by atoms with van der Waals surface area (Å²) in [7, 11) is -2.18. The monoisotopic (exact) mass is 352 g/mol. The summed E-state index contributed by atoms with van der Waals surface area (Å²) in [5, 5.41) is 0.536. The van der Waals surface area contributed by atoms with Crippen LogP contribution in [0.5, 0.6) is 0 Å². The summed E-state index contributed by atoms with van der Waals surface area (Å²) >= 11 is 5.87. The van der Waals surface area contributed by atoms with Crippen molar-refractivity contribution in [1.82, 2.24) is 9.29 Å². The van der Waals surface area contributed by atoms with Crippen LogP contribution in [0.25, 0.3) is 11.1 Å². The van der Waals surface area contributed by atoms with Gasteiger partial charge in [-0.15, -0.1) is 0 Å². The van der Waals surface area contributed by atoms with Crippen molar-refractivity contribution in [3.8, 4) is 0 Å². The van der Waals surface area contributed by atoms with Crippen molar-refractivity contribution in [2.75, 3.05) is 0 Å². The second-order valence-corrected chi connectivity index (χ2v) is 7.21. The molecule has 0 saturated carbocycles. The van der Waals surface area contributed by atoms with E-state index in [9.17, 15) is 13.2 Å². The molecule has 0 amide bonds. The topological polar surface area (TPSA) is 81.3 Å². The van der Waals surface area contributed by atoms with Gasteiger partial charge < -0.3 is 4.42 Å². The number of aromatic nitrogens is 1. The van der Waals surface area contributed by atoms with Gasteiger partial charge in [-0.25, -0.2) is 17.9 Å². The third-order valence-electron chi connectivity index (χ3n) is 3.43. The van der Waals surface area contributed by atoms with Gasteiger partial charge in [0, 0.05) is 24.7 Å². The number of fused-ring (bicyclic) bond motifs is 1. The van der Waals surface area contributed by atoms with Crippen molar-refractivity contribution in [2.45, 2.75) is 11.4 Å². The van der Waals surface area contributed by atoms with Gasteiger partial charge in [0.15, 0.2) is 5.58 Å². The highest BCUT2D eigenvalue weighted by Gasteiger charge is 2.16. The second kappa shape index (κ2) is 5.84. The Balaban J connectivity index is 1.88. The quantitative estimate of drug-likeness (QED) is 0.781. The summed E-state index contributed by atoms with van der Waals surface area (Å²) in [6, 6.07) is 11.2. The van der Waals surface area contributed by atoms with Crippen LogP contribution in [-0.4, -0.2) is 13.0 Å². The van der Waals surface area contributed by atoms with Crippen molar-refractivity contribution < 1.29 is 12.8 Å². The third kappa shape index (κ3) is 3.17. The lowest BCUT2D eigenvalue weighted by Gasteiger charge is -2.07. The van der Waals surface area contributed by atoms with Crippen LogP contribution in [0.4, 0.5) is 0 Å². The Kier molecular flexibility index (Phi) is 4.01. The van der Waals surface area contributed by atoms with Gasteiger partial charge in [-0.1, -0.05) is 23.7 Å². The molecule has 0 spiro atoms. The van der Waals surface area contributed by atoms with Crippen molar-refractivity contribution in [1.29, 1.82) is 0 Å². The predicted molar refractivity (Wildman–Crippen MR) is 86.9 cm³/mol. The number of oxazole rings is 1. The number of sulfonamides is 1. The van der Waals surface area contributed by atoms with E-state index in [1.165, 1.54) is 22.8 Å². The van der Waals surface area contributed by atoms with Crippen molar-refractivity contribution in [3.05, 3.63) is 63.6 Å². The highest BCUT2D eigenvalue weighted by atomic mass is 35.5. The Morgan fingerprint density at radius 1 is 1.22 bits per heavy atom. The van der Waals surface area contributed by atoms with Crippen molar-refractivity contribution in [3.63, 3.8) is 0 Å². The number of hydrogen-bond donors (Lipinski definition) is 1. The first kappa shape index (κ1) is 15.8. The van der Waals surface area contributed by atoms with E-state index in [0.29, 0.717) is 10.5 Å². The fraction of sp³-hybridized carbons (Fsp3) is 0.133. The summed E-state index contributed by atoms with van der Waals surface area (Å²) < 4.78 is 33.5. The SMILES string of the molecule is Cn1c(=O)oc2cc(S(=O)(=O)NCc3cccc(Cl)c3)ccc21. The molecule has 120 valence electrons. The van der Waals surface area contributed by atoms with Crippen LogP contribution < -0.4 is 10.5 Å². The van der Waals surface area contributed by atoms with Gasteiger partial charge in [-0.05, 0) is 29.8 Å². The van der Waals surface area contributed by atoms with Crippen LogP contribution in [0.15, 0.2) is 56.6 Å². The molecule has 23 heavy (non-hydrogen) atoms. The predicted octanol–water partition coefficient (Wildman–Crippen LogP) is 2.26. The molecule has 1 N–H and O–H groups in total. The largest absolute Gasteiger partial charge is 0.419 e. The maximum absolute atomic E-state index is 12.4. The molecule has 1 heterocycles. The van der Waals surface area contributed by atoms with Gasteiger partial charge in [0.25, 0.3) is 0 Å². The first-order valence-electron chi connectivity index (χ1n) is 6.70. The lowest BCUT2D eigenvalue weighted by atomic mass is 10.2. The maximum Gasteiger partial charge on any atom is 0.419 e. The lowest BCUT2D eigenvalue weighted by Crippen LogP contribution is -2.23. The number of nitrogens with zero attached hydrogens (tertiary/aromatic N) is 1. The van der Waals surface area contributed by atoms with E-state index in [-0.39, 0.29) is 17.0 Å². The van der Waals surface area contributed by atoms with E-state index in [4.69, 9.17) is 16.0 Å². The fourth-order valence-electron chi connectivity index (χ4n) is 2.19. The Hall–Kier alpha value is -2.09. The van der Waals surface area contributed by atoms with Gasteiger partial charge in [0.05, 0.1) is 10.4 Å². The van der Waals surface area contributed by atoms with Crippen LogP contribution in [0.3, 0.4) is 0 Å². The van der Waals surface area contributed by atoms with Gasteiger partial charge in [0.2, 0.25) is 10.0 Å². The van der Waals surface area contributed by atoms with Crippen LogP contribution in [0, 0.1) is 0 Å². The summed E-state index contributed by atoms with van der Waals surface area (Å²) in [5.74, 6) is -0.540. The number of benzene rings is 2.